The number of nitrogens with two attached hydrogens (primary N) is 1. The van der Waals surface area contributed by atoms with Crippen molar-refractivity contribution in [3.05, 3.63) is 35.9 Å². The Kier molecular flexibility index (Phi) is 7.08. The number of hydrogen-bond donors (Lipinski definition) is 1. The van der Waals surface area contributed by atoms with Gasteiger partial charge in [-0.2, -0.15) is 0 Å². The van der Waals surface area contributed by atoms with Crippen LogP contribution >= 0.6 is 11.8 Å². The predicted octanol–water partition coefficient (Wildman–Crippen LogP) is 0.979. The molecule has 9 nitrogen and oxygen atoms in total. The van der Waals surface area contributed by atoms with E-state index in [2.05, 4.69) is 31.8 Å². The zero-order chi connectivity index (χ0) is 21.6. The van der Waals surface area contributed by atoms with Crippen molar-refractivity contribution in [3.8, 4) is 0 Å². The van der Waals surface area contributed by atoms with Crippen LogP contribution in [-0.2, 0) is 20.9 Å². The molecule has 31 heavy (non-hydrogen) atoms. The van der Waals surface area contributed by atoms with Gasteiger partial charge in [-0.15, -0.1) is 10.2 Å². The fraction of sp³-hybridized carbons (Fsp3) is 0.524. The lowest BCUT2D eigenvalue weighted by Crippen LogP contribution is -2.44. The average Bonchev–Trinajstić information content (AvgIpc) is 3.21. The molecule has 0 spiro atoms. The fourth-order valence-corrected chi connectivity index (χ4v) is 4.78. The number of thioether (sulfide) groups is 1. The topological polar surface area (TPSA) is 107 Å². The lowest BCUT2D eigenvalue weighted by atomic mass is 9.97. The van der Waals surface area contributed by atoms with Gasteiger partial charge in [0.25, 0.3) is 0 Å². The Morgan fingerprint density at radius 1 is 1.13 bits per heavy atom. The number of rotatable bonds is 7. The van der Waals surface area contributed by atoms with E-state index in [1.807, 2.05) is 18.2 Å². The highest BCUT2D eigenvalue weighted by Gasteiger charge is 2.28. The SMILES string of the molecule is NC(=O)C1CCCN(C(=O)CSc2nnc(N3CCOCC3)n2Cc2ccccc2)C1. The van der Waals surface area contributed by atoms with Crippen LogP contribution < -0.4 is 10.6 Å². The van der Waals surface area contributed by atoms with Crippen LogP contribution in [0.2, 0.25) is 0 Å². The van der Waals surface area contributed by atoms with Gasteiger partial charge in [0, 0.05) is 26.2 Å². The van der Waals surface area contributed by atoms with Crippen LogP contribution in [0.3, 0.4) is 0 Å². The molecule has 166 valence electrons. The highest BCUT2D eigenvalue weighted by atomic mass is 32.2. The standard InChI is InChI=1S/C21H28N6O3S/c22-19(29)17-7-4-8-26(14-17)18(28)15-31-21-24-23-20(25-9-11-30-12-10-25)27(21)13-16-5-2-1-3-6-16/h1-3,5-6,17H,4,7-15H2,(H2,22,29). The summed E-state index contributed by atoms with van der Waals surface area (Å²) in [5.74, 6) is 0.467. The molecule has 3 heterocycles. The number of morpholine rings is 1. The molecule has 0 radical (unpaired) electrons. The van der Waals surface area contributed by atoms with Gasteiger partial charge in [0.1, 0.15) is 0 Å². The number of anilines is 1. The number of aromatic nitrogens is 3. The van der Waals surface area contributed by atoms with Gasteiger partial charge in [-0.3, -0.25) is 14.2 Å². The molecule has 2 saturated heterocycles. The Labute approximate surface area is 185 Å². The molecule has 2 aliphatic heterocycles. The second-order valence-corrected chi connectivity index (χ2v) is 8.77. The van der Waals surface area contributed by atoms with Crippen LogP contribution in [0.4, 0.5) is 5.95 Å². The van der Waals surface area contributed by atoms with Crippen molar-refractivity contribution in [2.75, 3.05) is 50.0 Å². The van der Waals surface area contributed by atoms with Crippen molar-refractivity contribution in [2.45, 2.75) is 24.5 Å². The lowest BCUT2D eigenvalue weighted by molar-refractivity contribution is -0.132. The third-order valence-electron chi connectivity index (χ3n) is 5.68. The van der Waals surface area contributed by atoms with E-state index >= 15 is 0 Å². The summed E-state index contributed by atoms with van der Waals surface area (Å²) in [5, 5.41) is 9.54. The quantitative estimate of drug-likeness (QED) is 0.635. The molecule has 10 heteroatoms. The molecule has 2 aromatic rings. The third kappa shape index (κ3) is 5.37. The molecule has 0 saturated carbocycles. The number of piperidine rings is 1. The highest BCUT2D eigenvalue weighted by Crippen LogP contribution is 2.25. The summed E-state index contributed by atoms with van der Waals surface area (Å²) in [7, 11) is 0. The minimum atomic E-state index is -0.331. The summed E-state index contributed by atoms with van der Waals surface area (Å²) >= 11 is 1.39. The summed E-state index contributed by atoms with van der Waals surface area (Å²) in [4.78, 5) is 28.2. The van der Waals surface area contributed by atoms with Gasteiger partial charge in [0.15, 0.2) is 5.16 Å². The Morgan fingerprint density at radius 2 is 1.90 bits per heavy atom. The molecule has 2 amide bonds. The molecule has 1 aromatic carbocycles. The largest absolute Gasteiger partial charge is 0.378 e. The van der Waals surface area contributed by atoms with Gasteiger partial charge in [-0.1, -0.05) is 42.1 Å². The zero-order valence-electron chi connectivity index (χ0n) is 17.5. The Hall–Kier alpha value is -2.59. The number of hydrogen-bond acceptors (Lipinski definition) is 7. The summed E-state index contributed by atoms with van der Waals surface area (Å²) in [5.41, 5.74) is 6.59. The van der Waals surface area contributed by atoms with Gasteiger partial charge in [-0.05, 0) is 18.4 Å². The normalized spacial score (nSPS) is 19.4. The van der Waals surface area contributed by atoms with Gasteiger partial charge in [0.2, 0.25) is 17.8 Å². The molecule has 4 rings (SSSR count). The first-order chi connectivity index (χ1) is 15.1. The number of benzene rings is 1. The summed E-state index contributed by atoms with van der Waals surface area (Å²) < 4.78 is 7.54. The number of nitrogens with zero attached hydrogens (tertiary/aromatic N) is 5. The minimum absolute atomic E-state index is 0.00173. The Balaban J connectivity index is 1.47. The van der Waals surface area contributed by atoms with E-state index in [0.29, 0.717) is 38.0 Å². The van der Waals surface area contributed by atoms with E-state index in [-0.39, 0.29) is 23.5 Å². The van der Waals surface area contributed by atoms with Crippen molar-refractivity contribution < 1.29 is 14.3 Å². The summed E-state index contributed by atoms with van der Waals surface area (Å²) in [6.07, 6.45) is 1.55. The van der Waals surface area contributed by atoms with Crippen LogP contribution in [0.15, 0.2) is 35.5 Å². The van der Waals surface area contributed by atoms with Gasteiger partial charge >= 0.3 is 0 Å². The fourth-order valence-electron chi connectivity index (χ4n) is 3.94. The van der Waals surface area contributed by atoms with E-state index < -0.39 is 0 Å². The Bertz CT molecular complexity index is 900. The van der Waals surface area contributed by atoms with Crippen LogP contribution in [0, 0.1) is 5.92 Å². The molecule has 1 atom stereocenters. The minimum Gasteiger partial charge on any atom is -0.378 e. The first kappa shape index (κ1) is 21.6. The second-order valence-electron chi connectivity index (χ2n) is 7.82. The highest BCUT2D eigenvalue weighted by molar-refractivity contribution is 7.99. The molecule has 1 unspecified atom stereocenters. The Morgan fingerprint density at radius 3 is 2.65 bits per heavy atom. The molecule has 0 bridgehead atoms. The molecular formula is C21H28N6O3S. The van der Waals surface area contributed by atoms with Crippen molar-refractivity contribution >= 4 is 29.5 Å². The molecule has 2 N–H and O–H groups in total. The second kappa shape index (κ2) is 10.1. The van der Waals surface area contributed by atoms with Gasteiger partial charge < -0.3 is 20.3 Å². The monoisotopic (exact) mass is 444 g/mol. The zero-order valence-corrected chi connectivity index (χ0v) is 18.3. The molecule has 2 aliphatic rings. The molecule has 2 fully saturated rings. The van der Waals surface area contributed by atoms with E-state index in [9.17, 15) is 9.59 Å². The third-order valence-corrected chi connectivity index (χ3v) is 6.63. The molecule has 1 aromatic heterocycles. The smallest absolute Gasteiger partial charge is 0.233 e. The number of ether oxygens (including phenoxy) is 1. The number of primary amides is 1. The van der Waals surface area contributed by atoms with Crippen LogP contribution in [0.5, 0.6) is 0 Å². The summed E-state index contributed by atoms with van der Waals surface area (Å²) in [6, 6.07) is 10.2. The van der Waals surface area contributed by atoms with Crippen molar-refractivity contribution in [3.63, 3.8) is 0 Å². The summed E-state index contributed by atoms with van der Waals surface area (Å²) in [6.45, 7) is 4.55. The van der Waals surface area contributed by atoms with Crippen LogP contribution in [0.25, 0.3) is 0 Å². The number of amides is 2. The van der Waals surface area contributed by atoms with E-state index in [1.54, 1.807) is 4.90 Å². The van der Waals surface area contributed by atoms with E-state index in [0.717, 1.165) is 37.4 Å². The van der Waals surface area contributed by atoms with E-state index in [1.165, 1.54) is 11.8 Å². The van der Waals surface area contributed by atoms with Crippen molar-refractivity contribution in [1.82, 2.24) is 19.7 Å². The molecule has 0 aliphatic carbocycles. The van der Waals surface area contributed by atoms with Crippen LogP contribution in [0.1, 0.15) is 18.4 Å². The number of carbonyl (C=O) groups is 2. The van der Waals surface area contributed by atoms with Crippen LogP contribution in [-0.4, -0.2) is 76.6 Å². The maximum Gasteiger partial charge on any atom is 0.233 e. The molecular weight excluding hydrogens is 416 g/mol. The number of carbonyl (C=O) groups excluding carboxylic acids is 2. The number of likely N-dealkylation sites (tertiary alicyclic amines) is 1. The lowest BCUT2D eigenvalue weighted by Gasteiger charge is -2.31. The first-order valence-electron chi connectivity index (χ1n) is 10.6. The maximum atomic E-state index is 12.8. The van der Waals surface area contributed by atoms with E-state index in [4.69, 9.17) is 10.5 Å². The van der Waals surface area contributed by atoms with Crippen molar-refractivity contribution in [2.24, 2.45) is 11.7 Å². The maximum absolute atomic E-state index is 12.8. The van der Waals surface area contributed by atoms with Gasteiger partial charge in [0.05, 0.1) is 31.4 Å². The average molecular weight is 445 g/mol. The first-order valence-corrected chi connectivity index (χ1v) is 11.6. The van der Waals surface area contributed by atoms with Gasteiger partial charge in [-0.25, -0.2) is 0 Å². The predicted molar refractivity (Wildman–Crippen MR) is 118 cm³/mol. The van der Waals surface area contributed by atoms with Crippen molar-refractivity contribution in [1.29, 1.82) is 0 Å².